The fraction of sp³-hybridized carbons (Fsp3) is 0. The quantitative estimate of drug-likeness (QED) is 0.750. The number of hydrogen-bond donors (Lipinski definition) is 1. The normalized spacial score (nSPS) is 14.3. The predicted molar refractivity (Wildman–Crippen MR) is 96.1 cm³/mol. The van der Waals surface area contributed by atoms with Crippen molar-refractivity contribution in [2.24, 2.45) is 0 Å². The first-order chi connectivity index (χ1) is 11.8. The van der Waals surface area contributed by atoms with E-state index in [0.29, 0.717) is 5.57 Å². The van der Waals surface area contributed by atoms with Gasteiger partial charge >= 0.3 is 0 Å². The zero-order valence-corrected chi connectivity index (χ0v) is 12.9. The van der Waals surface area contributed by atoms with Crippen LogP contribution < -0.4 is 5.32 Å². The van der Waals surface area contributed by atoms with Gasteiger partial charge in [0.2, 0.25) is 0 Å². The van der Waals surface area contributed by atoms with E-state index >= 15 is 0 Å². The number of para-hydroxylation sites is 1. The van der Waals surface area contributed by atoms with Crippen LogP contribution in [0.15, 0.2) is 83.5 Å². The Balaban J connectivity index is 1.71. The topological polar surface area (TPSA) is 42.2 Å². The number of amides is 1. The molecule has 3 heteroatoms. The Morgan fingerprint density at radius 2 is 1.62 bits per heavy atom. The van der Waals surface area contributed by atoms with Gasteiger partial charge in [-0.2, -0.15) is 0 Å². The molecule has 2 aromatic carbocycles. The van der Waals surface area contributed by atoms with E-state index in [-0.39, 0.29) is 5.91 Å². The third-order valence-electron chi connectivity index (χ3n) is 3.95. The van der Waals surface area contributed by atoms with Crippen LogP contribution in [0.1, 0.15) is 16.9 Å². The van der Waals surface area contributed by atoms with Crippen LogP contribution in [-0.2, 0) is 4.79 Å². The van der Waals surface area contributed by atoms with Crippen LogP contribution in [0.5, 0.6) is 0 Å². The maximum Gasteiger partial charge on any atom is 0.256 e. The number of benzene rings is 2. The minimum Gasteiger partial charge on any atom is -0.465 e. The zero-order valence-electron chi connectivity index (χ0n) is 12.9. The van der Waals surface area contributed by atoms with Crippen LogP contribution in [-0.4, -0.2) is 5.91 Å². The summed E-state index contributed by atoms with van der Waals surface area (Å²) in [5.74, 6) is 0.650. The Kier molecular flexibility index (Phi) is 3.60. The van der Waals surface area contributed by atoms with Gasteiger partial charge < -0.3 is 9.73 Å². The van der Waals surface area contributed by atoms with Crippen molar-refractivity contribution in [3.8, 4) is 0 Å². The molecule has 24 heavy (non-hydrogen) atoms. The minimum absolute atomic E-state index is 0.114. The van der Waals surface area contributed by atoms with Crippen molar-refractivity contribution >= 4 is 28.8 Å². The summed E-state index contributed by atoms with van der Waals surface area (Å²) < 4.78 is 5.40. The van der Waals surface area contributed by atoms with Gasteiger partial charge in [0, 0.05) is 11.3 Å². The molecule has 4 rings (SSSR count). The molecule has 1 amide bonds. The number of anilines is 1. The number of allylic oxidation sites excluding steroid dienone is 2. The Morgan fingerprint density at radius 3 is 2.38 bits per heavy atom. The van der Waals surface area contributed by atoms with Crippen molar-refractivity contribution < 1.29 is 9.21 Å². The van der Waals surface area contributed by atoms with Crippen LogP contribution >= 0.6 is 0 Å². The highest BCUT2D eigenvalue weighted by molar-refractivity contribution is 6.30. The summed E-state index contributed by atoms with van der Waals surface area (Å²) >= 11 is 0. The molecule has 0 bridgehead atoms. The number of hydrogen-bond acceptors (Lipinski definition) is 2. The summed E-state index contributed by atoms with van der Waals surface area (Å²) in [6, 6.07) is 21.1. The molecular formula is C21H15NO2. The number of rotatable bonds is 3. The second kappa shape index (κ2) is 6.05. The minimum atomic E-state index is -0.114. The molecule has 0 aliphatic heterocycles. The molecule has 1 aliphatic carbocycles. The average Bonchev–Trinajstić information content (AvgIpc) is 3.25. The SMILES string of the molecule is O=C(Nc1ccccc1)C1=C/C(=C\c2ccco2)c2ccccc21. The summed E-state index contributed by atoms with van der Waals surface area (Å²) in [6.07, 6.45) is 5.49. The molecule has 0 radical (unpaired) electrons. The number of carbonyl (C=O) groups is 1. The lowest BCUT2D eigenvalue weighted by Gasteiger charge is -2.07. The third-order valence-corrected chi connectivity index (χ3v) is 3.95. The Labute approximate surface area is 139 Å². The Bertz CT molecular complexity index is 935. The maximum absolute atomic E-state index is 12.7. The largest absolute Gasteiger partial charge is 0.465 e. The molecule has 1 aliphatic rings. The summed E-state index contributed by atoms with van der Waals surface area (Å²) in [4.78, 5) is 12.7. The summed E-state index contributed by atoms with van der Waals surface area (Å²) in [7, 11) is 0. The van der Waals surface area contributed by atoms with E-state index in [4.69, 9.17) is 4.42 Å². The second-order valence-corrected chi connectivity index (χ2v) is 5.54. The molecule has 116 valence electrons. The van der Waals surface area contributed by atoms with E-state index in [1.54, 1.807) is 6.26 Å². The molecular weight excluding hydrogens is 298 g/mol. The van der Waals surface area contributed by atoms with Gasteiger partial charge in [0.25, 0.3) is 5.91 Å². The lowest BCUT2D eigenvalue weighted by Crippen LogP contribution is -2.12. The molecule has 3 aromatic rings. The summed E-state index contributed by atoms with van der Waals surface area (Å²) in [5.41, 5.74) is 4.38. The third kappa shape index (κ3) is 2.68. The smallest absolute Gasteiger partial charge is 0.256 e. The van der Waals surface area contributed by atoms with E-state index in [1.165, 1.54) is 0 Å². The van der Waals surface area contributed by atoms with Gasteiger partial charge in [-0.25, -0.2) is 0 Å². The summed E-state index contributed by atoms with van der Waals surface area (Å²) in [6.45, 7) is 0. The molecule has 0 atom stereocenters. The monoisotopic (exact) mass is 313 g/mol. The first-order valence-electron chi connectivity index (χ1n) is 7.74. The van der Waals surface area contributed by atoms with Gasteiger partial charge in [0.05, 0.1) is 6.26 Å². The molecule has 0 spiro atoms. The zero-order chi connectivity index (χ0) is 16.4. The van der Waals surface area contributed by atoms with Crippen molar-refractivity contribution in [1.82, 2.24) is 0 Å². The van der Waals surface area contributed by atoms with Gasteiger partial charge in [-0.1, -0.05) is 42.5 Å². The van der Waals surface area contributed by atoms with Gasteiger partial charge in [-0.05, 0) is 53.1 Å². The van der Waals surface area contributed by atoms with Crippen molar-refractivity contribution in [3.63, 3.8) is 0 Å². The fourth-order valence-electron chi connectivity index (χ4n) is 2.83. The van der Waals surface area contributed by atoms with E-state index in [9.17, 15) is 4.79 Å². The lowest BCUT2D eigenvalue weighted by atomic mass is 10.0. The molecule has 3 nitrogen and oxygen atoms in total. The van der Waals surface area contributed by atoms with Gasteiger partial charge in [0.1, 0.15) is 5.76 Å². The average molecular weight is 313 g/mol. The van der Waals surface area contributed by atoms with Crippen LogP contribution in [0.3, 0.4) is 0 Å². The first-order valence-corrected chi connectivity index (χ1v) is 7.74. The van der Waals surface area contributed by atoms with Crippen LogP contribution in [0.25, 0.3) is 17.2 Å². The van der Waals surface area contributed by atoms with E-state index < -0.39 is 0 Å². The molecule has 1 heterocycles. The standard InChI is InChI=1S/C21H15NO2/c23-21(22-16-7-2-1-3-8-16)20-14-15(13-17-9-6-12-24-17)18-10-4-5-11-19(18)20/h1-14H,(H,22,23)/b15-13+. The highest BCUT2D eigenvalue weighted by Gasteiger charge is 2.23. The Hall–Kier alpha value is -3.33. The highest BCUT2D eigenvalue weighted by atomic mass is 16.3. The van der Waals surface area contributed by atoms with Crippen molar-refractivity contribution in [2.45, 2.75) is 0 Å². The fourth-order valence-corrected chi connectivity index (χ4v) is 2.83. The molecule has 0 saturated heterocycles. The first kappa shape index (κ1) is 14.3. The molecule has 0 unspecified atom stereocenters. The van der Waals surface area contributed by atoms with E-state index in [2.05, 4.69) is 5.32 Å². The van der Waals surface area contributed by atoms with E-state index in [0.717, 1.165) is 28.1 Å². The molecule has 1 aromatic heterocycles. The molecule has 1 N–H and O–H groups in total. The maximum atomic E-state index is 12.7. The van der Waals surface area contributed by atoms with Crippen LogP contribution in [0.4, 0.5) is 5.69 Å². The van der Waals surface area contributed by atoms with Crippen LogP contribution in [0.2, 0.25) is 0 Å². The number of fused-ring (bicyclic) bond motifs is 1. The van der Waals surface area contributed by atoms with E-state index in [1.807, 2.05) is 78.9 Å². The Morgan fingerprint density at radius 1 is 0.875 bits per heavy atom. The predicted octanol–water partition coefficient (Wildman–Crippen LogP) is 4.86. The summed E-state index contributed by atoms with van der Waals surface area (Å²) in [5, 5.41) is 2.95. The van der Waals surface area contributed by atoms with Gasteiger partial charge in [-0.3, -0.25) is 4.79 Å². The number of carbonyl (C=O) groups excluding carboxylic acids is 1. The lowest BCUT2D eigenvalue weighted by molar-refractivity contribution is -0.111. The molecule has 0 fully saturated rings. The highest BCUT2D eigenvalue weighted by Crippen LogP contribution is 2.36. The van der Waals surface area contributed by atoms with Crippen molar-refractivity contribution in [2.75, 3.05) is 5.32 Å². The van der Waals surface area contributed by atoms with Gasteiger partial charge in [-0.15, -0.1) is 0 Å². The van der Waals surface area contributed by atoms with Crippen LogP contribution in [0, 0.1) is 0 Å². The number of nitrogens with one attached hydrogen (secondary N) is 1. The van der Waals surface area contributed by atoms with Gasteiger partial charge in [0.15, 0.2) is 0 Å². The van der Waals surface area contributed by atoms with Crippen molar-refractivity contribution in [1.29, 1.82) is 0 Å². The molecule has 0 saturated carbocycles. The van der Waals surface area contributed by atoms with Crippen molar-refractivity contribution in [3.05, 3.63) is 96.0 Å². The number of furan rings is 1. The second-order valence-electron chi connectivity index (χ2n) is 5.54.